The standard InChI is InChI=1S/C13H23N5OS/c1-10(2)17-8-14-18(13(17)20)9-16-6-4-5-12(7-16)15-11(3)19/h8,10,12H,4-7,9H2,1-3H3,(H,15,19). The molecule has 1 aromatic rings. The Morgan fingerprint density at radius 3 is 2.95 bits per heavy atom. The number of nitrogens with one attached hydrogen (secondary N) is 1. The van der Waals surface area contributed by atoms with E-state index in [1.165, 1.54) is 0 Å². The first-order chi connectivity index (χ1) is 9.47. The van der Waals surface area contributed by atoms with Gasteiger partial charge in [0, 0.05) is 32.1 Å². The summed E-state index contributed by atoms with van der Waals surface area (Å²) in [5, 5.41) is 7.36. The summed E-state index contributed by atoms with van der Waals surface area (Å²) in [7, 11) is 0. The molecule has 112 valence electrons. The Labute approximate surface area is 124 Å². The van der Waals surface area contributed by atoms with Crippen LogP contribution in [0.5, 0.6) is 0 Å². The Balaban J connectivity index is 1.99. The summed E-state index contributed by atoms with van der Waals surface area (Å²) in [5.74, 6) is 0.0394. The minimum atomic E-state index is 0.0394. The van der Waals surface area contributed by atoms with Gasteiger partial charge in [0.2, 0.25) is 5.91 Å². The molecular weight excluding hydrogens is 274 g/mol. The predicted molar refractivity (Wildman–Crippen MR) is 79.8 cm³/mol. The van der Waals surface area contributed by atoms with E-state index in [0.717, 1.165) is 30.7 Å². The fourth-order valence-electron chi connectivity index (χ4n) is 2.58. The molecule has 1 amide bonds. The Morgan fingerprint density at radius 2 is 2.35 bits per heavy atom. The smallest absolute Gasteiger partial charge is 0.217 e. The molecule has 1 fully saturated rings. The molecule has 20 heavy (non-hydrogen) atoms. The van der Waals surface area contributed by atoms with Crippen LogP contribution in [0.2, 0.25) is 0 Å². The fourth-order valence-corrected chi connectivity index (χ4v) is 2.94. The number of nitrogens with zero attached hydrogens (tertiary/aromatic N) is 4. The van der Waals surface area contributed by atoms with Crippen LogP contribution < -0.4 is 5.32 Å². The monoisotopic (exact) mass is 297 g/mol. The zero-order valence-electron chi connectivity index (χ0n) is 12.4. The van der Waals surface area contributed by atoms with Gasteiger partial charge < -0.3 is 9.88 Å². The van der Waals surface area contributed by atoms with Crippen LogP contribution in [0, 0.1) is 4.77 Å². The number of hydrogen-bond donors (Lipinski definition) is 1. The van der Waals surface area contributed by atoms with Gasteiger partial charge in [0.25, 0.3) is 0 Å². The average Bonchev–Trinajstić information content (AvgIpc) is 2.71. The third kappa shape index (κ3) is 3.67. The molecule has 1 aliphatic heterocycles. The molecule has 1 atom stereocenters. The zero-order chi connectivity index (χ0) is 14.7. The number of likely N-dealkylation sites (tertiary alicyclic amines) is 1. The molecular formula is C13H23N5OS. The van der Waals surface area contributed by atoms with Crippen molar-refractivity contribution in [1.29, 1.82) is 0 Å². The van der Waals surface area contributed by atoms with Crippen molar-refractivity contribution in [2.24, 2.45) is 0 Å². The highest BCUT2D eigenvalue weighted by atomic mass is 32.1. The molecule has 0 saturated carbocycles. The highest BCUT2D eigenvalue weighted by molar-refractivity contribution is 7.71. The summed E-state index contributed by atoms with van der Waals surface area (Å²) >= 11 is 5.44. The van der Waals surface area contributed by atoms with Gasteiger partial charge >= 0.3 is 0 Å². The van der Waals surface area contributed by atoms with Crippen molar-refractivity contribution in [2.75, 3.05) is 13.1 Å². The molecule has 0 radical (unpaired) electrons. The van der Waals surface area contributed by atoms with Crippen LogP contribution in [0.1, 0.15) is 39.7 Å². The summed E-state index contributed by atoms with van der Waals surface area (Å²) in [5.41, 5.74) is 0. The van der Waals surface area contributed by atoms with Gasteiger partial charge in [0.15, 0.2) is 4.77 Å². The van der Waals surface area contributed by atoms with E-state index in [1.54, 1.807) is 13.3 Å². The molecule has 1 unspecified atom stereocenters. The molecule has 1 saturated heterocycles. The van der Waals surface area contributed by atoms with Gasteiger partial charge in [-0.3, -0.25) is 9.69 Å². The number of carbonyl (C=O) groups is 1. The highest BCUT2D eigenvalue weighted by Gasteiger charge is 2.21. The number of carbonyl (C=O) groups excluding carboxylic acids is 1. The minimum Gasteiger partial charge on any atom is -0.352 e. The molecule has 6 nitrogen and oxygen atoms in total. The maximum Gasteiger partial charge on any atom is 0.217 e. The highest BCUT2D eigenvalue weighted by Crippen LogP contribution is 2.12. The van der Waals surface area contributed by atoms with Crippen LogP contribution in [0.3, 0.4) is 0 Å². The van der Waals surface area contributed by atoms with Crippen molar-refractivity contribution in [1.82, 2.24) is 24.6 Å². The fraction of sp³-hybridized carbons (Fsp3) is 0.769. The van der Waals surface area contributed by atoms with Gasteiger partial charge in [-0.25, -0.2) is 4.68 Å². The first-order valence-corrected chi connectivity index (χ1v) is 7.51. The molecule has 0 bridgehead atoms. The molecule has 1 aliphatic rings. The largest absolute Gasteiger partial charge is 0.352 e. The lowest BCUT2D eigenvalue weighted by atomic mass is 10.1. The van der Waals surface area contributed by atoms with Gasteiger partial charge in [0.1, 0.15) is 6.33 Å². The number of amides is 1. The Morgan fingerprint density at radius 1 is 1.60 bits per heavy atom. The van der Waals surface area contributed by atoms with Crippen molar-refractivity contribution in [2.45, 2.75) is 52.4 Å². The van der Waals surface area contributed by atoms with E-state index in [2.05, 4.69) is 29.2 Å². The van der Waals surface area contributed by atoms with Crippen LogP contribution in [0.15, 0.2) is 6.33 Å². The van der Waals surface area contributed by atoms with E-state index in [-0.39, 0.29) is 11.9 Å². The number of piperidine rings is 1. The molecule has 7 heteroatoms. The summed E-state index contributed by atoms with van der Waals surface area (Å²) < 4.78 is 4.59. The van der Waals surface area contributed by atoms with Crippen LogP contribution in [-0.4, -0.2) is 44.3 Å². The predicted octanol–water partition coefficient (Wildman–Crippen LogP) is 1.55. The second-order valence-corrected chi connectivity index (χ2v) is 6.04. The van der Waals surface area contributed by atoms with E-state index >= 15 is 0 Å². The second-order valence-electron chi connectivity index (χ2n) is 5.67. The van der Waals surface area contributed by atoms with E-state index in [9.17, 15) is 4.79 Å². The maximum absolute atomic E-state index is 11.1. The van der Waals surface area contributed by atoms with Crippen molar-refractivity contribution >= 4 is 18.1 Å². The molecule has 0 aromatic carbocycles. The van der Waals surface area contributed by atoms with Crippen molar-refractivity contribution in [3.63, 3.8) is 0 Å². The Hall–Kier alpha value is -1.21. The van der Waals surface area contributed by atoms with Crippen LogP contribution in [0.25, 0.3) is 0 Å². The lowest BCUT2D eigenvalue weighted by Crippen LogP contribution is -2.47. The molecule has 2 rings (SSSR count). The summed E-state index contributed by atoms with van der Waals surface area (Å²) in [4.78, 5) is 13.4. The van der Waals surface area contributed by atoms with Gasteiger partial charge in [-0.1, -0.05) is 0 Å². The van der Waals surface area contributed by atoms with E-state index in [1.807, 2.05) is 9.25 Å². The summed E-state index contributed by atoms with van der Waals surface area (Å²) in [6, 6.07) is 0.562. The molecule has 1 aromatic heterocycles. The molecule has 0 spiro atoms. The molecule has 0 aliphatic carbocycles. The minimum absolute atomic E-state index is 0.0394. The number of aromatic nitrogens is 3. The summed E-state index contributed by atoms with van der Waals surface area (Å²) in [6.07, 6.45) is 3.92. The van der Waals surface area contributed by atoms with Crippen molar-refractivity contribution in [3.8, 4) is 0 Å². The summed E-state index contributed by atoms with van der Waals surface area (Å²) in [6.45, 7) is 8.32. The van der Waals surface area contributed by atoms with E-state index in [0.29, 0.717) is 12.7 Å². The van der Waals surface area contributed by atoms with Crippen molar-refractivity contribution < 1.29 is 4.79 Å². The van der Waals surface area contributed by atoms with E-state index < -0.39 is 0 Å². The van der Waals surface area contributed by atoms with Gasteiger partial charge in [-0.2, -0.15) is 5.10 Å². The third-order valence-corrected chi connectivity index (χ3v) is 3.98. The third-order valence-electron chi connectivity index (χ3n) is 3.56. The first-order valence-electron chi connectivity index (χ1n) is 7.10. The normalized spacial score (nSPS) is 20.3. The zero-order valence-corrected chi connectivity index (χ0v) is 13.2. The SMILES string of the molecule is CC(=O)NC1CCCN(Cn2ncn(C(C)C)c2=S)C1. The molecule has 1 N–H and O–H groups in total. The van der Waals surface area contributed by atoms with Crippen LogP contribution in [0.4, 0.5) is 0 Å². The number of hydrogen-bond acceptors (Lipinski definition) is 4. The maximum atomic E-state index is 11.1. The lowest BCUT2D eigenvalue weighted by Gasteiger charge is -2.32. The van der Waals surface area contributed by atoms with Gasteiger partial charge in [-0.05, 0) is 38.9 Å². The average molecular weight is 297 g/mol. The number of rotatable bonds is 4. The van der Waals surface area contributed by atoms with Gasteiger partial charge in [-0.15, -0.1) is 0 Å². The van der Waals surface area contributed by atoms with Crippen molar-refractivity contribution in [3.05, 3.63) is 11.1 Å². The second kappa shape index (κ2) is 6.49. The quantitative estimate of drug-likeness (QED) is 0.857. The Kier molecular flexibility index (Phi) is 4.93. The van der Waals surface area contributed by atoms with Crippen LogP contribution in [-0.2, 0) is 11.5 Å². The lowest BCUT2D eigenvalue weighted by molar-refractivity contribution is -0.120. The Bertz CT molecular complexity index is 521. The molecule has 2 heterocycles. The topological polar surface area (TPSA) is 55.1 Å². The van der Waals surface area contributed by atoms with Gasteiger partial charge in [0.05, 0.1) is 6.67 Å². The van der Waals surface area contributed by atoms with E-state index in [4.69, 9.17) is 12.2 Å². The van der Waals surface area contributed by atoms with Crippen LogP contribution >= 0.6 is 12.2 Å². The first kappa shape index (κ1) is 15.2.